The lowest BCUT2D eigenvalue weighted by molar-refractivity contribution is -0.0114. The largest absolute Gasteiger partial charge is 0.497 e. The third kappa shape index (κ3) is 6.17. The Kier molecular flexibility index (Phi) is 9.48. The lowest BCUT2D eigenvalue weighted by Crippen LogP contribution is -2.38. The maximum Gasteiger partial charge on any atom is 0.256 e. The van der Waals surface area contributed by atoms with Gasteiger partial charge in [0.25, 0.3) is 5.91 Å². The number of nitrogens with one attached hydrogen (secondary N) is 1. The molecule has 1 fully saturated rings. The summed E-state index contributed by atoms with van der Waals surface area (Å²) in [7, 11) is 3.22. The van der Waals surface area contributed by atoms with Crippen LogP contribution in [0.2, 0.25) is 0 Å². The molecule has 0 unspecified atom stereocenters. The Morgan fingerprint density at radius 2 is 1.42 bits per heavy atom. The fourth-order valence-electron chi connectivity index (χ4n) is 6.25. The van der Waals surface area contributed by atoms with Gasteiger partial charge in [0.05, 0.1) is 32.4 Å². The lowest BCUT2D eigenvalue weighted by Gasteiger charge is -2.37. The first-order chi connectivity index (χ1) is 24.4. The molecule has 6 aromatic rings. The van der Waals surface area contributed by atoms with E-state index in [0.29, 0.717) is 28.2 Å². The standard InChI is InChI=1S/C38H34FN5O5S/c1-47-28-17-13-26(14-18-28)38(25-11-7-4-8-12-25,27-15-19-29(48-2)20-16-27)49-21-30-33(45)31(39)37(50-30)44-23-42-32-34(40-22-41-35(32)44)43-36(46)24-9-5-3-6-10-24/h3-20,22-23,30-31,33,37,45H,21H2,1-2H3,(H,40,41,43,46)/t30-,31-,33-,37-/m1/s1. The second-order valence-electron chi connectivity index (χ2n) is 11.7. The number of methoxy groups -OCH3 is 2. The van der Waals surface area contributed by atoms with E-state index < -0.39 is 28.5 Å². The molecular formula is C38H34FN5O5S. The lowest BCUT2D eigenvalue weighted by atomic mass is 9.80. The van der Waals surface area contributed by atoms with Crippen molar-refractivity contribution in [3.05, 3.63) is 144 Å². The molecule has 2 N–H and O–H groups in total. The van der Waals surface area contributed by atoms with Crippen LogP contribution in [0.5, 0.6) is 11.5 Å². The van der Waals surface area contributed by atoms with E-state index in [1.807, 2.05) is 84.9 Å². The number of amides is 1. The Hall–Kier alpha value is -5.30. The number of nitrogens with zero attached hydrogens (tertiary/aromatic N) is 4. The number of aliphatic hydroxyl groups excluding tert-OH is 1. The molecule has 3 heterocycles. The van der Waals surface area contributed by atoms with Crippen molar-refractivity contribution in [2.24, 2.45) is 0 Å². The van der Waals surface area contributed by atoms with Gasteiger partial charge in [-0.05, 0) is 53.1 Å². The molecule has 2 aromatic heterocycles. The van der Waals surface area contributed by atoms with E-state index in [1.54, 1.807) is 43.1 Å². The number of imidazole rings is 1. The molecule has 254 valence electrons. The van der Waals surface area contributed by atoms with Crippen molar-refractivity contribution in [2.75, 3.05) is 26.1 Å². The summed E-state index contributed by atoms with van der Waals surface area (Å²) in [4.78, 5) is 25.9. The summed E-state index contributed by atoms with van der Waals surface area (Å²) < 4.78 is 35.5. The fourth-order valence-corrected chi connectivity index (χ4v) is 7.66. The van der Waals surface area contributed by atoms with Crippen molar-refractivity contribution in [1.29, 1.82) is 0 Å². The number of thioether (sulfide) groups is 1. The van der Waals surface area contributed by atoms with Crippen molar-refractivity contribution < 1.29 is 28.5 Å². The SMILES string of the molecule is COc1ccc(C(OC[C@H]2S[C@@H](n3cnc4c(NC(=O)c5ccccc5)ncnc43)[C@H](F)[C@@H]2O)(c2ccccc2)c2ccc(OC)cc2)cc1. The second-order valence-corrected chi connectivity index (χ2v) is 13.0. The van der Waals surface area contributed by atoms with Gasteiger partial charge < -0.3 is 24.6 Å². The normalized spacial score (nSPS) is 19.0. The highest BCUT2D eigenvalue weighted by Crippen LogP contribution is 2.47. The van der Waals surface area contributed by atoms with Gasteiger partial charge >= 0.3 is 0 Å². The summed E-state index contributed by atoms with van der Waals surface area (Å²) in [5, 5.41) is 12.6. The molecule has 1 aliphatic rings. The molecule has 7 rings (SSSR count). The minimum Gasteiger partial charge on any atom is -0.497 e. The number of fused-ring (bicyclic) bond motifs is 1. The van der Waals surface area contributed by atoms with Crippen LogP contribution in [0.15, 0.2) is 122 Å². The number of anilines is 1. The monoisotopic (exact) mass is 691 g/mol. The van der Waals surface area contributed by atoms with Crippen LogP contribution in [0.4, 0.5) is 10.2 Å². The zero-order valence-corrected chi connectivity index (χ0v) is 28.0. The van der Waals surface area contributed by atoms with Gasteiger partial charge in [-0.2, -0.15) is 0 Å². The van der Waals surface area contributed by atoms with Crippen LogP contribution in [0.1, 0.15) is 32.4 Å². The molecule has 50 heavy (non-hydrogen) atoms. The van der Waals surface area contributed by atoms with Crippen LogP contribution in [-0.2, 0) is 10.3 Å². The van der Waals surface area contributed by atoms with Crippen LogP contribution in [0.3, 0.4) is 0 Å². The van der Waals surface area contributed by atoms with Gasteiger partial charge in [-0.25, -0.2) is 19.3 Å². The summed E-state index contributed by atoms with van der Waals surface area (Å²) in [6.07, 6.45) is -0.276. The number of alkyl halides is 1. The number of benzene rings is 4. The highest BCUT2D eigenvalue weighted by molar-refractivity contribution is 8.00. The number of aliphatic hydroxyl groups is 1. The smallest absolute Gasteiger partial charge is 0.256 e. The number of carbonyl (C=O) groups excluding carboxylic acids is 1. The van der Waals surface area contributed by atoms with Gasteiger partial charge in [-0.15, -0.1) is 11.8 Å². The Labute approximate surface area is 292 Å². The highest BCUT2D eigenvalue weighted by atomic mass is 32.2. The number of rotatable bonds is 11. The molecule has 1 amide bonds. The van der Waals surface area contributed by atoms with Gasteiger partial charge in [-0.3, -0.25) is 9.36 Å². The minimum atomic E-state index is -1.67. The average Bonchev–Trinajstić information content (AvgIpc) is 3.73. The van der Waals surface area contributed by atoms with E-state index in [9.17, 15) is 9.90 Å². The zero-order valence-electron chi connectivity index (χ0n) is 27.2. The topological polar surface area (TPSA) is 121 Å². The van der Waals surface area contributed by atoms with Crippen molar-refractivity contribution in [1.82, 2.24) is 19.5 Å². The second kappa shape index (κ2) is 14.3. The molecule has 4 aromatic carbocycles. The molecule has 12 heteroatoms. The summed E-state index contributed by atoms with van der Waals surface area (Å²) in [5.74, 6) is 1.22. The molecule has 0 spiro atoms. The molecule has 0 saturated carbocycles. The molecule has 0 bridgehead atoms. The van der Waals surface area contributed by atoms with Crippen LogP contribution in [0, 0.1) is 0 Å². The number of hydrogen-bond donors (Lipinski definition) is 2. The van der Waals surface area contributed by atoms with E-state index in [2.05, 4.69) is 20.3 Å². The van der Waals surface area contributed by atoms with Crippen molar-refractivity contribution in [3.8, 4) is 11.5 Å². The number of aromatic nitrogens is 4. The first-order valence-corrected chi connectivity index (χ1v) is 16.9. The van der Waals surface area contributed by atoms with E-state index in [0.717, 1.165) is 16.7 Å². The highest BCUT2D eigenvalue weighted by Gasteiger charge is 2.47. The molecule has 0 radical (unpaired) electrons. The predicted octanol–water partition coefficient (Wildman–Crippen LogP) is 6.42. The van der Waals surface area contributed by atoms with Gasteiger partial charge in [-0.1, -0.05) is 72.8 Å². The number of carbonyl (C=O) groups is 1. The van der Waals surface area contributed by atoms with Crippen molar-refractivity contribution in [3.63, 3.8) is 0 Å². The molecule has 1 aliphatic heterocycles. The van der Waals surface area contributed by atoms with Crippen molar-refractivity contribution in [2.45, 2.75) is 28.5 Å². The van der Waals surface area contributed by atoms with Gasteiger partial charge in [0.2, 0.25) is 0 Å². The summed E-state index contributed by atoms with van der Waals surface area (Å²) >= 11 is 1.24. The van der Waals surface area contributed by atoms with Gasteiger partial charge in [0.15, 0.2) is 23.2 Å². The van der Waals surface area contributed by atoms with Gasteiger partial charge in [0, 0.05) is 5.56 Å². The summed E-state index contributed by atoms with van der Waals surface area (Å²) in [5.41, 5.74) is 2.45. The maximum absolute atomic E-state index is 16.1. The van der Waals surface area contributed by atoms with Crippen LogP contribution < -0.4 is 14.8 Å². The number of hydrogen-bond acceptors (Lipinski definition) is 9. The molecule has 0 aliphatic carbocycles. The van der Waals surface area contributed by atoms with Crippen LogP contribution in [0.25, 0.3) is 11.2 Å². The number of ether oxygens (including phenoxy) is 3. The zero-order chi connectivity index (χ0) is 34.7. The predicted molar refractivity (Wildman–Crippen MR) is 189 cm³/mol. The van der Waals surface area contributed by atoms with Crippen LogP contribution >= 0.6 is 11.8 Å². The maximum atomic E-state index is 16.1. The third-order valence-electron chi connectivity index (χ3n) is 8.83. The van der Waals surface area contributed by atoms with E-state index >= 15 is 4.39 Å². The fraction of sp³-hybridized carbons (Fsp3) is 0.211. The Balaban J connectivity index is 1.20. The van der Waals surface area contributed by atoms with Crippen molar-refractivity contribution >= 4 is 34.7 Å². The molecule has 4 atom stereocenters. The third-order valence-corrected chi connectivity index (χ3v) is 10.4. The van der Waals surface area contributed by atoms with E-state index in [4.69, 9.17) is 14.2 Å². The van der Waals surface area contributed by atoms with E-state index in [-0.39, 0.29) is 18.3 Å². The quantitative estimate of drug-likeness (QED) is 0.148. The Morgan fingerprint density at radius 1 is 0.840 bits per heavy atom. The number of halogens is 1. The van der Waals surface area contributed by atoms with E-state index in [1.165, 1.54) is 24.4 Å². The van der Waals surface area contributed by atoms with Crippen LogP contribution in [-0.4, -0.2) is 68.9 Å². The average molecular weight is 692 g/mol. The molecule has 1 saturated heterocycles. The first-order valence-electron chi connectivity index (χ1n) is 15.9. The minimum absolute atomic E-state index is 0.00426. The first kappa shape index (κ1) is 33.2. The Morgan fingerprint density at radius 3 is 2.02 bits per heavy atom. The van der Waals surface area contributed by atoms with Gasteiger partial charge in [0.1, 0.15) is 34.9 Å². The summed E-state index contributed by atoms with van der Waals surface area (Å²) in [6, 6.07) is 33.8. The molecular weight excluding hydrogens is 658 g/mol. The molecule has 10 nitrogen and oxygen atoms in total. The summed E-state index contributed by atoms with van der Waals surface area (Å²) in [6.45, 7) is -0.00426. The Bertz CT molecular complexity index is 2020.